The Labute approximate surface area is 103 Å². The van der Waals surface area contributed by atoms with Gasteiger partial charge in [0.1, 0.15) is 11.6 Å². The standard InChI is InChI=1S/C13H11NO2S/c1-2-12(15)16-9-10-4-3-5-11(8-10)13-14-6-7-17-13/h2-8H,1,9H2. The number of ether oxygens (including phenoxy) is 1. The van der Waals surface area contributed by atoms with Crippen LogP contribution in [-0.4, -0.2) is 11.0 Å². The van der Waals surface area contributed by atoms with Crippen LogP contribution in [0, 0.1) is 0 Å². The Morgan fingerprint density at radius 2 is 2.41 bits per heavy atom. The maximum Gasteiger partial charge on any atom is 0.330 e. The topological polar surface area (TPSA) is 39.2 Å². The molecule has 0 spiro atoms. The van der Waals surface area contributed by atoms with Crippen LogP contribution in [0.3, 0.4) is 0 Å². The Hall–Kier alpha value is -1.94. The lowest BCUT2D eigenvalue weighted by atomic mass is 10.1. The summed E-state index contributed by atoms with van der Waals surface area (Å²) in [7, 11) is 0. The molecule has 0 unspecified atom stereocenters. The maximum atomic E-state index is 10.9. The molecule has 4 heteroatoms. The van der Waals surface area contributed by atoms with Gasteiger partial charge in [0.05, 0.1) is 0 Å². The third-order valence-corrected chi connectivity index (χ3v) is 2.98. The highest BCUT2D eigenvalue weighted by atomic mass is 32.1. The van der Waals surface area contributed by atoms with Crippen molar-refractivity contribution in [2.75, 3.05) is 0 Å². The number of esters is 1. The number of thiazole rings is 1. The highest BCUT2D eigenvalue weighted by Crippen LogP contribution is 2.22. The van der Waals surface area contributed by atoms with Gasteiger partial charge >= 0.3 is 5.97 Å². The van der Waals surface area contributed by atoms with Gasteiger partial charge in [-0.25, -0.2) is 9.78 Å². The molecule has 3 nitrogen and oxygen atoms in total. The van der Waals surface area contributed by atoms with Crippen molar-refractivity contribution < 1.29 is 9.53 Å². The van der Waals surface area contributed by atoms with Crippen LogP contribution in [0.2, 0.25) is 0 Å². The number of aromatic nitrogens is 1. The molecule has 0 amide bonds. The molecule has 1 heterocycles. The van der Waals surface area contributed by atoms with E-state index in [-0.39, 0.29) is 6.61 Å². The van der Waals surface area contributed by atoms with E-state index in [1.165, 1.54) is 0 Å². The number of nitrogens with zero attached hydrogens (tertiary/aromatic N) is 1. The molecular weight excluding hydrogens is 234 g/mol. The Morgan fingerprint density at radius 3 is 3.12 bits per heavy atom. The van der Waals surface area contributed by atoms with Gasteiger partial charge < -0.3 is 4.74 Å². The minimum atomic E-state index is -0.412. The molecule has 1 aromatic heterocycles. The summed E-state index contributed by atoms with van der Waals surface area (Å²) in [4.78, 5) is 15.2. The molecule has 0 aliphatic rings. The minimum absolute atomic E-state index is 0.254. The average molecular weight is 245 g/mol. The third kappa shape index (κ3) is 3.01. The molecule has 17 heavy (non-hydrogen) atoms. The number of hydrogen-bond donors (Lipinski definition) is 0. The van der Waals surface area contributed by atoms with E-state index in [1.807, 2.05) is 29.6 Å². The van der Waals surface area contributed by atoms with Gasteiger partial charge in [0.2, 0.25) is 0 Å². The fraction of sp³-hybridized carbons (Fsp3) is 0.0769. The molecule has 86 valence electrons. The predicted molar refractivity (Wildman–Crippen MR) is 67.5 cm³/mol. The van der Waals surface area contributed by atoms with Crippen LogP contribution in [0.5, 0.6) is 0 Å². The van der Waals surface area contributed by atoms with Crippen LogP contribution in [0.25, 0.3) is 10.6 Å². The smallest absolute Gasteiger partial charge is 0.330 e. The molecule has 0 aliphatic heterocycles. The SMILES string of the molecule is C=CC(=O)OCc1cccc(-c2nccs2)c1. The summed E-state index contributed by atoms with van der Waals surface area (Å²) in [6.07, 6.45) is 2.93. The molecule has 0 saturated heterocycles. The van der Waals surface area contributed by atoms with Gasteiger partial charge in [-0.1, -0.05) is 24.8 Å². The van der Waals surface area contributed by atoms with Crippen molar-refractivity contribution in [1.82, 2.24) is 4.98 Å². The number of carbonyl (C=O) groups excluding carboxylic acids is 1. The monoisotopic (exact) mass is 245 g/mol. The van der Waals surface area contributed by atoms with E-state index < -0.39 is 5.97 Å². The Morgan fingerprint density at radius 1 is 1.53 bits per heavy atom. The summed E-state index contributed by atoms with van der Waals surface area (Å²) in [6.45, 7) is 3.60. The zero-order chi connectivity index (χ0) is 12.1. The predicted octanol–water partition coefficient (Wildman–Crippen LogP) is 3.04. The first-order valence-electron chi connectivity index (χ1n) is 5.07. The van der Waals surface area contributed by atoms with Crippen LogP contribution >= 0.6 is 11.3 Å². The third-order valence-electron chi connectivity index (χ3n) is 2.15. The number of carbonyl (C=O) groups is 1. The highest BCUT2D eigenvalue weighted by Gasteiger charge is 2.03. The van der Waals surface area contributed by atoms with Crippen LogP contribution in [0.4, 0.5) is 0 Å². The largest absolute Gasteiger partial charge is 0.458 e. The Balaban J connectivity index is 2.12. The van der Waals surface area contributed by atoms with Gasteiger partial charge in [0.15, 0.2) is 0 Å². The van der Waals surface area contributed by atoms with Gasteiger partial charge in [-0.2, -0.15) is 0 Å². The fourth-order valence-electron chi connectivity index (χ4n) is 1.37. The lowest BCUT2D eigenvalue weighted by Gasteiger charge is -2.03. The molecule has 0 aliphatic carbocycles. The number of rotatable bonds is 4. The minimum Gasteiger partial charge on any atom is -0.458 e. The van der Waals surface area contributed by atoms with E-state index in [0.29, 0.717) is 0 Å². The Bertz CT molecular complexity index is 520. The van der Waals surface area contributed by atoms with Crippen LogP contribution in [-0.2, 0) is 16.1 Å². The second-order valence-corrected chi connectivity index (χ2v) is 4.24. The van der Waals surface area contributed by atoms with E-state index in [2.05, 4.69) is 11.6 Å². The normalized spacial score (nSPS) is 9.88. The Kier molecular flexibility index (Phi) is 3.67. The van der Waals surface area contributed by atoms with Crippen molar-refractivity contribution in [2.45, 2.75) is 6.61 Å². The van der Waals surface area contributed by atoms with Crippen molar-refractivity contribution in [1.29, 1.82) is 0 Å². The van der Waals surface area contributed by atoms with Crippen molar-refractivity contribution in [3.05, 3.63) is 54.1 Å². The summed E-state index contributed by atoms with van der Waals surface area (Å²) < 4.78 is 4.98. The van der Waals surface area contributed by atoms with Crippen LogP contribution < -0.4 is 0 Å². The summed E-state index contributed by atoms with van der Waals surface area (Å²) in [6, 6.07) is 7.79. The molecule has 2 aromatic rings. The van der Waals surface area contributed by atoms with E-state index >= 15 is 0 Å². The van der Waals surface area contributed by atoms with Gasteiger partial charge in [-0.15, -0.1) is 11.3 Å². The lowest BCUT2D eigenvalue weighted by molar-refractivity contribution is -0.138. The molecule has 1 aromatic carbocycles. The van der Waals surface area contributed by atoms with Gasteiger partial charge in [-0.3, -0.25) is 0 Å². The first-order chi connectivity index (χ1) is 8.29. The molecule has 0 N–H and O–H groups in total. The average Bonchev–Trinajstić information content (AvgIpc) is 2.90. The van der Waals surface area contributed by atoms with E-state index in [1.54, 1.807) is 17.5 Å². The number of benzene rings is 1. The van der Waals surface area contributed by atoms with Gasteiger partial charge in [0, 0.05) is 23.2 Å². The summed E-state index contributed by atoms with van der Waals surface area (Å²) in [5.41, 5.74) is 1.97. The van der Waals surface area contributed by atoms with Crippen molar-refractivity contribution in [3.63, 3.8) is 0 Å². The summed E-state index contributed by atoms with van der Waals surface area (Å²) >= 11 is 1.58. The zero-order valence-corrected chi connectivity index (χ0v) is 9.94. The molecule has 0 saturated carbocycles. The van der Waals surface area contributed by atoms with Crippen LogP contribution in [0.1, 0.15) is 5.56 Å². The molecule has 0 fully saturated rings. The van der Waals surface area contributed by atoms with E-state index in [0.717, 1.165) is 22.2 Å². The van der Waals surface area contributed by atoms with Crippen molar-refractivity contribution >= 4 is 17.3 Å². The molecule has 2 rings (SSSR count). The first kappa shape index (κ1) is 11.5. The van der Waals surface area contributed by atoms with E-state index in [9.17, 15) is 4.79 Å². The number of hydrogen-bond acceptors (Lipinski definition) is 4. The van der Waals surface area contributed by atoms with E-state index in [4.69, 9.17) is 4.74 Å². The molecule has 0 atom stereocenters. The molecular formula is C13H11NO2S. The lowest BCUT2D eigenvalue weighted by Crippen LogP contribution is -2.00. The zero-order valence-electron chi connectivity index (χ0n) is 9.13. The second-order valence-electron chi connectivity index (χ2n) is 3.35. The van der Waals surface area contributed by atoms with Crippen molar-refractivity contribution in [3.8, 4) is 10.6 Å². The maximum absolute atomic E-state index is 10.9. The summed E-state index contributed by atoms with van der Waals surface area (Å²) in [5, 5.41) is 2.89. The molecule has 0 bridgehead atoms. The summed E-state index contributed by atoms with van der Waals surface area (Å²) in [5.74, 6) is -0.412. The van der Waals surface area contributed by atoms with Crippen molar-refractivity contribution in [2.24, 2.45) is 0 Å². The highest BCUT2D eigenvalue weighted by molar-refractivity contribution is 7.13. The van der Waals surface area contributed by atoms with Gasteiger partial charge in [-0.05, 0) is 11.6 Å². The second kappa shape index (κ2) is 5.41. The fourth-order valence-corrected chi connectivity index (χ4v) is 2.01. The van der Waals surface area contributed by atoms with Gasteiger partial charge in [0.25, 0.3) is 0 Å². The first-order valence-corrected chi connectivity index (χ1v) is 5.95. The van der Waals surface area contributed by atoms with Crippen LogP contribution in [0.15, 0.2) is 48.5 Å². The quantitative estimate of drug-likeness (QED) is 0.614. The molecule has 0 radical (unpaired) electrons.